The van der Waals surface area contributed by atoms with Crippen LogP contribution in [0.4, 0.5) is 0 Å². The minimum atomic E-state index is 0.444. The van der Waals surface area contributed by atoms with E-state index in [1.165, 1.54) is 0 Å². The first-order chi connectivity index (χ1) is 2.41. The molecule has 0 saturated heterocycles. The van der Waals surface area contributed by atoms with Gasteiger partial charge in [-0.15, -0.1) is 0 Å². The Morgan fingerprint density at radius 1 is 1.60 bits per heavy atom. The van der Waals surface area contributed by atoms with Crippen molar-refractivity contribution in [3.8, 4) is 0 Å². The summed E-state index contributed by atoms with van der Waals surface area (Å²) in [5, 5.41) is 0. The summed E-state index contributed by atoms with van der Waals surface area (Å²) in [6.07, 6.45) is 0.497. The Morgan fingerprint density at radius 3 is 2.20 bits per heavy atom. The highest BCUT2D eigenvalue weighted by Gasteiger charge is 1.66. The quantitative estimate of drug-likeness (QED) is 0.401. The molecule has 0 saturated carbocycles. The molecule has 0 aliphatic rings. The third kappa shape index (κ3) is 4.09. The zero-order valence-corrected chi connectivity index (χ0v) is 2.98. The third-order valence-electron chi connectivity index (χ3n) is 0.236. The molecule has 0 fully saturated rings. The first kappa shape index (κ1) is 5.09. The standard InChI is InChI=1S/C2H4B2O/c3-1-2-5-4/h1-2H2. The molecule has 0 unspecified atom stereocenters. The van der Waals surface area contributed by atoms with Gasteiger partial charge in [0.1, 0.15) is 0 Å². The fraction of sp³-hybridized carbons (Fsp3) is 1.00. The van der Waals surface area contributed by atoms with Crippen LogP contribution in [0.25, 0.3) is 0 Å². The average Bonchev–Trinajstić information content (AvgIpc) is 1.41. The van der Waals surface area contributed by atoms with E-state index in [1.807, 2.05) is 0 Å². The minimum absolute atomic E-state index is 0.444. The molecule has 0 bridgehead atoms. The lowest BCUT2D eigenvalue weighted by molar-refractivity contribution is 0.376. The van der Waals surface area contributed by atoms with E-state index in [1.54, 1.807) is 0 Å². The lowest BCUT2D eigenvalue weighted by Crippen LogP contribution is -1.84. The molecule has 24 valence electrons. The molecule has 3 heteroatoms. The molecule has 0 spiro atoms. The van der Waals surface area contributed by atoms with Crippen molar-refractivity contribution in [3.63, 3.8) is 0 Å². The van der Waals surface area contributed by atoms with Crippen molar-refractivity contribution in [2.24, 2.45) is 0 Å². The van der Waals surface area contributed by atoms with E-state index in [4.69, 9.17) is 7.85 Å². The van der Waals surface area contributed by atoms with Crippen LogP contribution >= 0.6 is 0 Å². The second-order valence-corrected chi connectivity index (χ2v) is 0.659. The van der Waals surface area contributed by atoms with Crippen LogP contribution in [0, 0.1) is 0 Å². The second-order valence-electron chi connectivity index (χ2n) is 0.659. The first-order valence-corrected chi connectivity index (χ1v) is 1.43. The molecular weight excluding hydrogens is 61.6 g/mol. The lowest BCUT2D eigenvalue weighted by atomic mass is 10.1. The lowest BCUT2D eigenvalue weighted by Gasteiger charge is -1.85. The Balaban J connectivity index is 2.19. The van der Waals surface area contributed by atoms with Crippen LogP contribution in [0.3, 0.4) is 0 Å². The largest absolute Gasteiger partial charge is 0.448 e. The van der Waals surface area contributed by atoms with Crippen LogP contribution < -0.4 is 0 Å². The average molecular weight is 65.7 g/mol. The topological polar surface area (TPSA) is 9.23 Å². The van der Waals surface area contributed by atoms with Crippen molar-refractivity contribution in [2.75, 3.05) is 6.61 Å². The molecule has 0 amide bonds. The molecule has 0 aromatic rings. The maximum atomic E-state index is 4.93. The Kier molecular flexibility index (Phi) is 4.16. The summed E-state index contributed by atoms with van der Waals surface area (Å²) in [6, 6.07) is 0. The molecule has 0 atom stereocenters. The minimum Gasteiger partial charge on any atom is -0.448 e. The van der Waals surface area contributed by atoms with Crippen molar-refractivity contribution in [1.82, 2.24) is 0 Å². The summed E-state index contributed by atoms with van der Waals surface area (Å²) in [6.45, 7) is 0.444. The molecule has 0 aromatic heterocycles. The van der Waals surface area contributed by atoms with Gasteiger partial charge in [-0.25, -0.2) is 0 Å². The Bertz CT molecular complexity index is 15.1. The summed E-state index contributed by atoms with van der Waals surface area (Å²) >= 11 is 0. The predicted molar refractivity (Wildman–Crippen MR) is 22.3 cm³/mol. The highest BCUT2D eigenvalue weighted by Crippen LogP contribution is 1.66. The van der Waals surface area contributed by atoms with Gasteiger partial charge in [-0.2, -0.15) is 0 Å². The number of rotatable bonds is 2. The van der Waals surface area contributed by atoms with E-state index in [2.05, 4.69) is 12.7 Å². The molecule has 4 radical (unpaired) electrons. The summed E-state index contributed by atoms with van der Waals surface area (Å²) in [5.74, 6) is 0. The number of hydrogen-bond acceptors (Lipinski definition) is 1. The molecule has 5 heavy (non-hydrogen) atoms. The Morgan fingerprint density at radius 2 is 2.20 bits per heavy atom. The molecule has 0 aromatic carbocycles. The van der Waals surface area contributed by atoms with Gasteiger partial charge in [-0.1, -0.05) is 6.32 Å². The number of hydrogen-bond donors (Lipinski definition) is 0. The summed E-state index contributed by atoms with van der Waals surface area (Å²) in [5.41, 5.74) is 0. The zero-order chi connectivity index (χ0) is 4.12. The van der Waals surface area contributed by atoms with Gasteiger partial charge in [0, 0.05) is 6.61 Å². The highest BCUT2D eigenvalue weighted by atomic mass is 16.4. The molecule has 0 rings (SSSR count). The fourth-order valence-corrected chi connectivity index (χ4v) is 0.0680. The molecule has 0 N–H and O–H groups in total. The highest BCUT2D eigenvalue weighted by molar-refractivity contribution is 6.08. The van der Waals surface area contributed by atoms with E-state index in [9.17, 15) is 0 Å². The second kappa shape index (κ2) is 4.09. The Hall–Kier alpha value is 0.0899. The van der Waals surface area contributed by atoms with Crippen molar-refractivity contribution >= 4 is 15.9 Å². The summed E-state index contributed by atoms with van der Waals surface area (Å²) in [7, 11) is 9.49. The van der Waals surface area contributed by atoms with Gasteiger partial charge in [0.25, 0.3) is 8.05 Å². The van der Waals surface area contributed by atoms with Crippen LogP contribution in [-0.2, 0) is 4.65 Å². The van der Waals surface area contributed by atoms with Crippen LogP contribution in [0.1, 0.15) is 0 Å². The van der Waals surface area contributed by atoms with Crippen molar-refractivity contribution in [2.45, 2.75) is 6.32 Å². The fourth-order valence-electron chi connectivity index (χ4n) is 0.0680. The van der Waals surface area contributed by atoms with Gasteiger partial charge in [-0.05, 0) is 0 Å². The van der Waals surface area contributed by atoms with Crippen molar-refractivity contribution in [1.29, 1.82) is 0 Å². The van der Waals surface area contributed by atoms with Crippen molar-refractivity contribution in [3.05, 3.63) is 0 Å². The van der Waals surface area contributed by atoms with Crippen LogP contribution in [0.5, 0.6) is 0 Å². The summed E-state index contributed by atoms with van der Waals surface area (Å²) < 4.78 is 4.07. The van der Waals surface area contributed by atoms with Crippen molar-refractivity contribution < 1.29 is 4.65 Å². The molecule has 1 nitrogen and oxygen atoms in total. The summed E-state index contributed by atoms with van der Waals surface area (Å²) in [4.78, 5) is 0. The monoisotopic (exact) mass is 66.0 g/mol. The molecule has 0 aliphatic heterocycles. The van der Waals surface area contributed by atoms with Gasteiger partial charge in [0.15, 0.2) is 0 Å². The SMILES string of the molecule is [B]CCO[B]. The molecule has 0 heterocycles. The van der Waals surface area contributed by atoms with Gasteiger partial charge < -0.3 is 4.65 Å². The van der Waals surface area contributed by atoms with Crippen LogP contribution in [-0.4, -0.2) is 22.5 Å². The van der Waals surface area contributed by atoms with E-state index >= 15 is 0 Å². The van der Waals surface area contributed by atoms with Gasteiger partial charge in [0.2, 0.25) is 0 Å². The maximum Gasteiger partial charge on any atom is 0.282 e. The van der Waals surface area contributed by atoms with E-state index in [0.29, 0.717) is 12.9 Å². The van der Waals surface area contributed by atoms with Crippen LogP contribution in [0.15, 0.2) is 0 Å². The molecular formula is C2H4B2O. The van der Waals surface area contributed by atoms with E-state index < -0.39 is 0 Å². The third-order valence-corrected chi connectivity index (χ3v) is 0.236. The normalized spacial score (nSPS) is 8.00. The van der Waals surface area contributed by atoms with Gasteiger partial charge in [0.05, 0.1) is 7.85 Å². The molecule has 0 aliphatic carbocycles. The first-order valence-electron chi connectivity index (χ1n) is 1.43. The van der Waals surface area contributed by atoms with Gasteiger partial charge >= 0.3 is 0 Å². The van der Waals surface area contributed by atoms with Gasteiger partial charge in [-0.3, -0.25) is 0 Å². The Labute approximate surface area is 34.6 Å². The van der Waals surface area contributed by atoms with E-state index in [0.717, 1.165) is 0 Å². The van der Waals surface area contributed by atoms with Crippen LogP contribution in [0.2, 0.25) is 6.32 Å². The zero-order valence-electron chi connectivity index (χ0n) is 2.98. The smallest absolute Gasteiger partial charge is 0.282 e. The predicted octanol–water partition coefficient (Wildman–Crippen LogP) is -0.327. The maximum absolute atomic E-state index is 4.93. The van der Waals surface area contributed by atoms with E-state index in [-0.39, 0.29) is 0 Å².